The van der Waals surface area contributed by atoms with E-state index in [9.17, 15) is 13.2 Å². The third-order valence-electron chi connectivity index (χ3n) is 4.23. The second-order valence-corrected chi connectivity index (χ2v) is 8.55. The summed E-state index contributed by atoms with van der Waals surface area (Å²) in [5.74, 6) is 1.32. The molecule has 0 unspecified atom stereocenters. The lowest BCUT2D eigenvalue weighted by Crippen LogP contribution is -2.49. The van der Waals surface area contributed by atoms with Crippen molar-refractivity contribution in [1.82, 2.24) is 9.80 Å². The topological polar surface area (TPSA) is 76.2 Å². The quantitative estimate of drug-likeness (QED) is 0.672. The highest BCUT2D eigenvalue weighted by Gasteiger charge is 2.23. The van der Waals surface area contributed by atoms with Crippen LogP contribution in [0.4, 0.5) is 0 Å². The predicted molar refractivity (Wildman–Crippen MR) is 101 cm³/mol. The molecule has 0 aliphatic carbocycles. The third-order valence-corrected chi connectivity index (χ3v) is 5.15. The second kappa shape index (κ2) is 9.23. The van der Waals surface area contributed by atoms with Crippen molar-refractivity contribution >= 4 is 15.7 Å². The molecule has 0 bridgehead atoms. The molecule has 0 aromatic heterocycles. The van der Waals surface area contributed by atoms with Crippen LogP contribution in [0.3, 0.4) is 0 Å². The van der Waals surface area contributed by atoms with Crippen molar-refractivity contribution in [2.45, 2.75) is 13.8 Å². The molecule has 0 radical (unpaired) electrons. The van der Waals surface area contributed by atoms with Crippen molar-refractivity contribution in [3.05, 3.63) is 23.8 Å². The zero-order valence-corrected chi connectivity index (χ0v) is 16.5. The molecule has 1 saturated heterocycles. The van der Waals surface area contributed by atoms with Gasteiger partial charge in [-0.15, -0.1) is 0 Å². The van der Waals surface area contributed by atoms with Gasteiger partial charge in [-0.3, -0.25) is 9.69 Å². The second-order valence-electron chi connectivity index (χ2n) is 6.29. The zero-order valence-electron chi connectivity index (χ0n) is 15.7. The molecule has 1 amide bonds. The van der Waals surface area contributed by atoms with Crippen LogP contribution in [0.1, 0.15) is 24.2 Å². The molecule has 2 rings (SSSR count). The summed E-state index contributed by atoms with van der Waals surface area (Å²) in [6.07, 6.45) is 1.24. The van der Waals surface area contributed by atoms with Gasteiger partial charge in [-0.25, -0.2) is 8.42 Å². The highest BCUT2D eigenvalue weighted by Crippen LogP contribution is 2.29. The Morgan fingerprint density at radius 3 is 2.23 bits per heavy atom. The van der Waals surface area contributed by atoms with Crippen LogP contribution in [0.25, 0.3) is 0 Å². The maximum Gasteiger partial charge on any atom is 0.254 e. The number of benzene rings is 1. The van der Waals surface area contributed by atoms with Crippen molar-refractivity contribution in [1.29, 1.82) is 0 Å². The van der Waals surface area contributed by atoms with Crippen molar-refractivity contribution in [3.8, 4) is 11.5 Å². The highest BCUT2D eigenvalue weighted by molar-refractivity contribution is 7.90. The van der Waals surface area contributed by atoms with Crippen molar-refractivity contribution in [2.75, 3.05) is 57.9 Å². The molecular formula is C18H28N2O5S. The summed E-state index contributed by atoms with van der Waals surface area (Å²) in [5, 5.41) is 0. The Kier molecular flexibility index (Phi) is 7.28. The SMILES string of the molecule is CCOc1ccc(C(=O)N2CCN(CCS(C)(=O)=O)CC2)cc1OCC. The molecular weight excluding hydrogens is 356 g/mol. The standard InChI is InChI=1S/C18H28N2O5S/c1-4-24-16-7-6-15(14-17(16)25-5-2)18(21)20-10-8-19(9-11-20)12-13-26(3,22)23/h6-7,14H,4-5,8-13H2,1-3H3. The van der Waals surface area contributed by atoms with Crippen molar-refractivity contribution in [3.63, 3.8) is 0 Å². The molecule has 0 saturated carbocycles. The Morgan fingerprint density at radius 1 is 1.04 bits per heavy atom. The van der Waals surface area contributed by atoms with Gasteiger partial charge >= 0.3 is 0 Å². The molecule has 7 nitrogen and oxygen atoms in total. The van der Waals surface area contributed by atoms with E-state index >= 15 is 0 Å². The summed E-state index contributed by atoms with van der Waals surface area (Å²) in [5.41, 5.74) is 0.571. The fourth-order valence-corrected chi connectivity index (χ4v) is 3.43. The smallest absolute Gasteiger partial charge is 0.254 e. The van der Waals surface area contributed by atoms with E-state index in [0.717, 1.165) is 0 Å². The van der Waals surface area contributed by atoms with E-state index in [0.29, 0.717) is 63.0 Å². The Hall–Kier alpha value is -1.80. The van der Waals surface area contributed by atoms with Gasteiger partial charge in [0.15, 0.2) is 11.5 Å². The van der Waals surface area contributed by atoms with Crippen LogP contribution in [0.15, 0.2) is 18.2 Å². The average Bonchev–Trinajstić information content (AvgIpc) is 2.61. The zero-order chi connectivity index (χ0) is 19.2. The summed E-state index contributed by atoms with van der Waals surface area (Å²) in [7, 11) is -2.96. The maximum atomic E-state index is 12.8. The number of amides is 1. The van der Waals surface area contributed by atoms with Crippen LogP contribution in [-0.2, 0) is 9.84 Å². The molecule has 146 valence electrons. The van der Waals surface area contributed by atoms with Crippen LogP contribution in [-0.4, -0.2) is 82.1 Å². The fraction of sp³-hybridized carbons (Fsp3) is 0.611. The molecule has 26 heavy (non-hydrogen) atoms. The van der Waals surface area contributed by atoms with Gasteiger partial charge in [0.2, 0.25) is 0 Å². The molecule has 0 spiro atoms. The van der Waals surface area contributed by atoms with E-state index in [1.807, 2.05) is 13.8 Å². The molecule has 0 N–H and O–H groups in total. The number of carbonyl (C=O) groups is 1. The van der Waals surface area contributed by atoms with Gasteiger partial charge in [0.05, 0.1) is 19.0 Å². The summed E-state index contributed by atoms with van der Waals surface area (Å²) < 4.78 is 33.7. The first-order valence-corrected chi connectivity index (χ1v) is 11.0. The van der Waals surface area contributed by atoms with Gasteiger partial charge in [-0.2, -0.15) is 0 Å². The molecule has 1 fully saturated rings. The number of ether oxygens (including phenoxy) is 2. The van der Waals surface area contributed by atoms with Crippen LogP contribution in [0.5, 0.6) is 11.5 Å². The molecule has 1 aliphatic heterocycles. The van der Waals surface area contributed by atoms with Gasteiger partial charge in [0.25, 0.3) is 5.91 Å². The van der Waals surface area contributed by atoms with Crippen molar-refractivity contribution < 1.29 is 22.7 Å². The van der Waals surface area contributed by atoms with Gasteiger partial charge < -0.3 is 14.4 Å². The summed E-state index contributed by atoms with van der Waals surface area (Å²) in [4.78, 5) is 16.6. The Bertz CT molecular complexity index is 712. The first-order valence-electron chi connectivity index (χ1n) is 8.93. The highest BCUT2D eigenvalue weighted by atomic mass is 32.2. The number of rotatable bonds is 8. The Morgan fingerprint density at radius 2 is 1.65 bits per heavy atom. The van der Waals surface area contributed by atoms with E-state index in [2.05, 4.69) is 4.90 Å². The fourth-order valence-electron chi connectivity index (χ4n) is 2.84. The van der Waals surface area contributed by atoms with Crippen LogP contribution >= 0.6 is 0 Å². The minimum absolute atomic E-state index is 0.0447. The molecule has 1 aromatic carbocycles. The van der Waals surface area contributed by atoms with E-state index < -0.39 is 9.84 Å². The number of piperazine rings is 1. The minimum Gasteiger partial charge on any atom is -0.490 e. The number of hydrogen-bond acceptors (Lipinski definition) is 6. The van der Waals surface area contributed by atoms with E-state index in [1.165, 1.54) is 6.26 Å². The first kappa shape index (κ1) is 20.5. The summed E-state index contributed by atoms with van der Waals surface area (Å²) >= 11 is 0. The van der Waals surface area contributed by atoms with E-state index in [-0.39, 0.29) is 11.7 Å². The van der Waals surface area contributed by atoms with E-state index in [1.54, 1.807) is 23.1 Å². The van der Waals surface area contributed by atoms with Crippen LogP contribution in [0.2, 0.25) is 0 Å². The molecule has 0 atom stereocenters. The third kappa shape index (κ3) is 5.88. The number of hydrogen-bond donors (Lipinski definition) is 0. The monoisotopic (exact) mass is 384 g/mol. The van der Waals surface area contributed by atoms with Gasteiger partial charge in [0.1, 0.15) is 9.84 Å². The summed E-state index contributed by atoms with van der Waals surface area (Å²) in [6, 6.07) is 5.25. The molecule has 1 aliphatic rings. The number of carbonyl (C=O) groups excluding carboxylic acids is 1. The Balaban J connectivity index is 1.98. The van der Waals surface area contributed by atoms with Gasteiger partial charge in [0, 0.05) is 44.5 Å². The average molecular weight is 384 g/mol. The normalized spacial score (nSPS) is 15.7. The maximum absolute atomic E-state index is 12.8. The van der Waals surface area contributed by atoms with Crippen molar-refractivity contribution in [2.24, 2.45) is 0 Å². The number of nitrogens with zero attached hydrogens (tertiary/aromatic N) is 2. The van der Waals surface area contributed by atoms with Crippen LogP contribution < -0.4 is 9.47 Å². The summed E-state index contributed by atoms with van der Waals surface area (Å²) in [6.45, 7) is 7.85. The van der Waals surface area contributed by atoms with Gasteiger partial charge in [-0.1, -0.05) is 0 Å². The predicted octanol–water partition coefficient (Wildman–Crippen LogP) is 1.29. The molecule has 1 heterocycles. The van der Waals surface area contributed by atoms with Crippen LogP contribution in [0, 0.1) is 0 Å². The van der Waals surface area contributed by atoms with E-state index in [4.69, 9.17) is 9.47 Å². The lowest BCUT2D eigenvalue weighted by Gasteiger charge is -2.34. The molecule has 8 heteroatoms. The minimum atomic E-state index is -2.96. The number of sulfone groups is 1. The lowest BCUT2D eigenvalue weighted by atomic mass is 10.1. The Labute approximate surface area is 155 Å². The van der Waals surface area contributed by atoms with Gasteiger partial charge in [-0.05, 0) is 32.0 Å². The lowest BCUT2D eigenvalue weighted by molar-refractivity contribution is 0.0643. The first-order chi connectivity index (χ1) is 12.3. The molecule has 1 aromatic rings. The largest absolute Gasteiger partial charge is 0.490 e.